The number of rotatable bonds is 9. The molecule has 7 nitrogen and oxygen atoms in total. The second-order valence-corrected chi connectivity index (χ2v) is 6.44. The minimum absolute atomic E-state index is 0. The van der Waals surface area contributed by atoms with Gasteiger partial charge in [0.15, 0.2) is 5.96 Å². The lowest BCUT2D eigenvalue weighted by Gasteiger charge is -2.13. The Morgan fingerprint density at radius 2 is 1.77 bits per heavy atom. The van der Waals surface area contributed by atoms with E-state index in [0.29, 0.717) is 36.2 Å². The molecule has 2 aromatic carbocycles. The molecule has 3 N–H and O–H groups in total. The molecule has 0 aliphatic rings. The summed E-state index contributed by atoms with van der Waals surface area (Å²) in [5.41, 5.74) is 1.40. The Bertz CT molecular complexity index is 849. The topological polar surface area (TPSA) is 84.0 Å². The number of hydrogen-bond donors (Lipinski definition) is 3. The summed E-state index contributed by atoms with van der Waals surface area (Å²) in [6, 6.07) is 12.6. The van der Waals surface area contributed by atoms with Crippen molar-refractivity contribution >= 4 is 47.4 Å². The zero-order chi connectivity index (χ0) is 21.1. The van der Waals surface area contributed by atoms with Crippen LogP contribution in [0.2, 0.25) is 5.02 Å². The Labute approximate surface area is 199 Å². The molecule has 9 heteroatoms. The molecule has 0 radical (unpaired) electrons. The number of carbonyl (C=O) groups is 1. The van der Waals surface area contributed by atoms with Gasteiger partial charge in [0.2, 0.25) is 0 Å². The Morgan fingerprint density at radius 1 is 1.03 bits per heavy atom. The van der Waals surface area contributed by atoms with E-state index < -0.39 is 0 Å². The highest BCUT2D eigenvalue weighted by molar-refractivity contribution is 14.0. The van der Waals surface area contributed by atoms with Gasteiger partial charge in [-0.2, -0.15) is 0 Å². The van der Waals surface area contributed by atoms with E-state index in [9.17, 15) is 4.79 Å². The van der Waals surface area contributed by atoms with E-state index in [1.165, 1.54) is 0 Å². The van der Waals surface area contributed by atoms with E-state index in [1.807, 2.05) is 25.1 Å². The first-order chi connectivity index (χ1) is 14.1. The van der Waals surface area contributed by atoms with Crippen molar-refractivity contribution in [2.45, 2.75) is 13.5 Å². The van der Waals surface area contributed by atoms with Gasteiger partial charge < -0.3 is 25.4 Å². The van der Waals surface area contributed by atoms with Gasteiger partial charge >= 0.3 is 0 Å². The highest BCUT2D eigenvalue weighted by Crippen LogP contribution is 2.25. The molecule has 0 unspecified atom stereocenters. The third-order valence-corrected chi connectivity index (χ3v) is 4.40. The molecule has 30 heavy (non-hydrogen) atoms. The molecule has 2 aromatic rings. The second-order valence-electron chi connectivity index (χ2n) is 6.04. The Hall–Kier alpha value is -2.20. The Balaban J connectivity index is 0.00000450. The SMILES string of the molecule is CCNC(=NCc1ccc(OC)cc1OC)NCCNC(=O)c1ccccc1Cl.I. The van der Waals surface area contributed by atoms with Crippen molar-refractivity contribution < 1.29 is 14.3 Å². The normalized spacial score (nSPS) is 10.6. The predicted octanol–water partition coefficient (Wildman–Crippen LogP) is 3.46. The first-order valence-electron chi connectivity index (χ1n) is 9.34. The summed E-state index contributed by atoms with van der Waals surface area (Å²) in [7, 11) is 3.23. The van der Waals surface area contributed by atoms with Crippen LogP contribution >= 0.6 is 35.6 Å². The number of guanidine groups is 1. The largest absolute Gasteiger partial charge is 0.497 e. The van der Waals surface area contributed by atoms with Crippen LogP contribution in [0.25, 0.3) is 0 Å². The molecule has 0 aromatic heterocycles. The van der Waals surface area contributed by atoms with Gasteiger partial charge in [0.1, 0.15) is 11.5 Å². The summed E-state index contributed by atoms with van der Waals surface area (Å²) in [5.74, 6) is 1.89. The average molecular weight is 547 g/mol. The van der Waals surface area contributed by atoms with E-state index in [1.54, 1.807) is 38.5 Å². The van der Waals surface area contributed by atoms with Crippen LogP contribution in [0, 0.1) is 0 Å². The lowest BCUT2D eigenvalue weighted by molar-refractivity contribution is 0.0954. The highest BCUT2D eigenvalue weighted by atomic mass is 127. The third-order valence-electron chi connectivity index (χ3n) is 4.07. The lowest BCUT2D eigenvalue weighted by atomic mass is 10.2. The summed E-state index contributed by atoms with van der Waals surface area (Å²) in [6.07, 6.45) is 0. The molecule has 2 rings (SSSR count). The van der Waals surface area contributed by atoms with Gasteiger partial charge in [-0.25, -0.2) is 4.99 Å². The molecule has 0 saturated heterocycles. The summed E-state index contributed by atoms with van der Waals surface area (Å²) in [6.45, 7) is 4.10. The van der Waals surface area contributed by atoms with E-state index in [0.717, 1.165) is 23.6 Å². The quantitative estimate of drug-likeness (QED) is 0.194. The summed E-state index contributed by atoms with van der Waals surface area (Å²) >= 11 is 6.04. The molecule has 0 atom stereocenters. The van der Waals surface area contributed by atoms with Crippen LogP contribution in [-0.4, -0.2) is 45.7 Å². The molecule has 0 spiro atoms. The molecule has 0 bridgehead atoms. The molecule has 1 amide bonds. The van der Waals surface area contributed by atoms with E-state index in [-0.39, 0.29) is 29.9 Å². The summed E-state index contributed by atoms with van der Waals surface area (Å²) < 4.78 is 10.6. The number of halogens is 2. The zero-order valence-electron chi connectivity index (χ0n) is 17.3. The van der Waals surface area contributed by atoms with Gasteiger partial charge in [0, 0.05) is 31.3 Å². The minimum Gasteiger partial charge on any atom is -0.497 e. The molecule has 0 fully saturated rings. The van der Waals surface area contributed by atoms with Crippen LogP contribution in [-0.2, 0) is 6.54 Å². The fraction of sp³-hybridized carbons (Fsp3) is 0.333. The first kappa shape index (κ1) is 25.8. The fourth-order valence-electron chi connectivity index (χ4n) is 2.59. The van der Waals surface area contributed by atoms with Gasteiger partial charge in [0.25, 0.3) is 5.91 Å². The molecule has 0 aliphatic carbocycles. The van der Waals surface area contributed by atoms with Crippen molar-refractivity contribution in [2.24, 2.45) is 4.99 Å². The standard InChI is InChI=1S/C21H27ClN4O3.HI/c1-4-23-21(26-14-15-9-10-16(28-2)13-19(15)29-3)25-12-11-24-20(27)17-7-5-6-8-18(17)22;/h5-10,13H,4,11-12,14H2,1-3H3,(H,24,27)(H2,23,25,26);1H. The Morgan fingerprint density at radius 3 is 2.43 bits per heavy atom. The van der Waals surface area contributed by atoms with Gasteiger partial charge in [0.05, 0.1) is 31.4 Å². The number of nitrogens with zero attached hydrogens (tertiary/aromatic N) is 1. The smallest absolute Gasteiger partial charge is 0.252 e. The predicted molar refractivity (Wildman–Crippen MR) is 132 cm³/mol. The molecular weight excluding hydrogens is 519 g/mol. The lowest BCUT2D eigenvalue weighted by Crippen LogP contribution is -2.41. The third kappa shape index (κ3) is 7.91. The van der Waals surface area contributed by atoms with Crippen molar-refractivity contribution in [1.29, 1.82) is 0 Å². The first-order valence-corrected chi connectivity index (χ1v) is 9.72. The minimum atomic E-state index is -0.206. The molecule has 164 valence electrons. The zero-order valence-corrected chi connectivity index (χ0v) is 20.4. The average Bonchev–Trinajstić information content (AvgIpc) is 2.74. The van der Waals surface area contributed by atoms with Gasteiger partial charge in [-0.05, 0) is 31.2 Å². The van der Waals surface area contributed by atoms with Crippen LogP contribution in [0.5, 0.6) is 11.5 Å². The summed E-state index contributed by atoms with van der Waals surface area (Å²) in [5, 5.41) is 9.65. The molecule has 0 heterocycles. The molecule has 0 saturated carbocycles. The van der Waals surface area contributed by atoms with Crippen LogP contribution < -0.4 is 25.4 Å². The Kier molecular flexibility index (Phi) is 12.0. The number of nitrogens with one attached hydrogen (secondary N) is 3. The number of amides is 1. The highest BCUT2D eigenvalue weighted by Gasteiger charge is 2.09. The maximum Gasteiger partial charge on any atom is 0.252 e. The number of benzene rings is 2. The fourth-order valence-corrected chi connectivity index (χ4v) is 2.81. The van der Waals surface area contributed by atoms with Crippen molar-refractivity contribution in [1.82, 2.24) is 16.0 Å². The van der Waals surface area contributed by atoms with E-state index in [4.69, 9.17) is 21.1 Å². The van der Waals surface area contributed by atoms with Crippen molar-refractivity contribution in [3.8, 4) is 11.5 Å². The van der Waals surface area contributed by atoms with E-state index >= 15 is 0 Å². The van der Waals surface area contributed by atoms with Crippen LogP contribution in [0.3, 0.4) is 0 Å². The molecule has 0 aliphatic heterocycles. The van der Waals surface area contributed by atoms with Crippen molar-refractivity contribution in [3.63, 3.8) is 0 Å². The number of hydrogen-bond acceptors (Lipinski definition) is 4. The van der Waals surface area contributed by atoms with Crippen molar-refractivity contribution in [2.75, 3.05) is 33.9 Å². The number of ether oxygens (including phenoxy) is 2. The van der Waals surface area contributed by atoms with E-state index in [2.05, 4.69) is 20.9 Å². The van der Waals surface area contributed by atoms with Crippen LogP contribution in [0.15, 0.2) is 47.5 Å². The number of aliphatic imine (C=N–C) groups is 1. The van der Waals surface area contributed by atoms with Crippen molar-refractivity contribution in [3.05, 3.63) is 58.6 Å². The molecular formula is C21H28ClIN4O3. The monoisotopic (exact) mass is 546 g/mol. The maximum atomic E-state index is 12.2. The van der Waals surface area contributed by atoms with Gasteiger partial charge in [-0.1, -0.05) is 23.7 Å². The number of methoxy groups -OCH3 is 2. The van der Waals surface area contributed by atoms with Gasteiger partial charge in [-0.3, -0.25) is 4.79 Å². The second kappa shape index (κ2) is 13.9. The van der Waals surface area contributed by atoms with Gasteiger partial charge in [-0.15, -0.1) is 24.0 Å². The van der Waals surface area contributed by atoms with Crippen LogP contribution in [0.1, 0.15) is 22.8 Å². The maximum absolute atomic E-state index is 12.2. The van der Waals surface area contributed by atoms with Crippen LogP contribution in [0.4, 0.5) is 0 Å². The summed E-state index contributed by atoms with van der Waals surface area (Å²) in [4.78, 5) is 16.8. The number of carbonyl (C=O) groups excluding carboxylic acids is 1.